The molecule has 0 radical (unpaired) electrons. The van der Waals surface area contributed by atoms with Crippen LogP contribution in [0.25, 0.3) is 0 Å². The standard InChI is InChI=1S/C10H15NO3S/c11-10(8-4-5-14-7-8)9-3-1-2-6-15(9,12)13/h4-5,7,9-10H,1-3,6,11H2. The molecule has 1 aliphatic rings. The Balaban J connectivity index is 2.23. The molecular formula is C10H15NO3S. The van der Waals surface area contributed by atoms with E-state index in [0.29, 0.717) is 6.42 Å². The van der Waals surface area contributed by atoms with Crippen molar-refractivity contribution in [2.24, 2.45) is 5.73 Å². The molecule has 0 saturated carbocycles. The van der Waals surface area contributed by atoms with Crippen LogP contribution >= 0.6 is 0 Å². The Kier molecular flexibility index (Phi) is 2.84. The van der Waals surface area contributed by atoms with E-state index in [9.17, 15) is 8.42 Å². The maximum Gasteiger partial charge on any atom is 0.155 e. The van der Waals surface area contributed by atoms with E-state index in [4.69, 9.17) is 10.2 Å². The van der Waals surface area contributed by atoms with E-state index >= 15 is 0 Å². The molecule has 1 aliphatic heterocycles. The summed E-state index contributed by atoms with van der Waals surface area (Å²) in [4.78, 5) is 0. The van der Waals surface area contributed by atoms with Crippen LogP contribution in [-0.4, -0.2) is 19.4 Å². The highest BCUT2D eigenvalue weighted by Crippen LogP contribution is 2.29. The fourth-order valence-corrected chi connectivity index (χ4v) is 4.10. The third-order valence-electron chi connectivity index (χ3n) is 2.96. The first-order chi connectivity index (χ1) is 7.11. The molecule has 2 heterocycles. The van der Waals surface area contributed by atoms with Crippen molar-refractivity contribution in [3.63, 3.8) is 0 Å². The van der Waals surface area contributed by atoms with E-state index in [1.54, 1.807) is 6.07 Å². The number of sulfone groups is 1. The molecule has 0 amide bonds. The molecule has 0 bridgehead atoms. The van der Waals surface area contributed by atoms with Crippen molar-refractivity contribution < 1.29 is 12.8 Å². The molecule has 1 aromatic heterocycles. The predicted octanol–water partition coefficient (Wildman–Crippen LogP) is 1.25. The number of furan rings is 1. The fourth-order valence-electron chi connectivity index (χ4n) is 2.06. The van der Waals surface area contributed by atoms with Crippen molar-refractivity contribution in [3.8, 4) is 0 Å². The van der Waals surface area contributed by atoms with Crippen LogP contribution in [0.1, 0.15) is 30.9 Å². The molecule has 5 heteroatoms. The van der Waals surface area contributed by atoms with E-state index < -0.39 is 21.1 Å². The quantitative estimate of drug-likeness (QED) is 0.828. The van der Waals surface area contributed by atoms with Gasteiger partial charge in [0.15, 0.2) is 9.84 Å². The van der Waals surface area contributed by atoms with E-state index in [0.717, 1.165) is 18.4 Å². The third kappa shape index (κ3) is 2.08. The minimum atomic E-state index is -3.02. The minimum absolute atomic E-state index is 0.267. The molecule has 2 unspecified atom stereocenters. The van der Waals surface area contributed by atoms with Crippen molar-refractivity contribution in [2.45, 2.75) is 30.6 Å². The zero-order valence-electron chi connectivity index (χ0n) is 8.43. The second-order valence-corrected chi connectivity index (χ2v) is 6.32. The lowest BCUT2D eigenvalue weighted by Crippen LogP contribution is -2.37. The van der Waals surface area contributed by atoms with E-state index in [1.165, 1.54) is 12.5 Å². The summed E-state index contributed by atoms with van der Waals surface area (Å²) in [5.74, 6) is 0.267. The lowest BCUT2D eigenvalue weighted by atomic mass is 10.0. The van der Waals surface area contributed by atoms with Gasteiger partial charge >= 0.3 is 0 Å². The van der Waals surface area contributed by atoms with Gasteiger partial charge in [-0.15, -0.1) is 0 Å². The van der Waals surface area contributed by atoms with E-state index in [2.05, 4.69) is 0 Å². The Hall–Kier alpha value is -0.810. The van der Waals surface area contributed by atoms with Gasteiger partial charge in [-0.25, -0.2) is 8.42 Å². The first-order valence-electron chi connectivity index (χ1n) is 5.10. The first kappa shape index (κ1) is 10.7. The molecule has 2 N–H and O–H groups in total. The highest BCUT2D eigenvalue weighted by Gasteiger charge is 2.34. The molecule has 0 spiro atoms. The van der Waals surface area contributed by atoms with Crippen LogP contribution in [0.4, 0.5) is 0 Å². The lowest BCUT2D eigenvalue weighted by molar-refractivity contribution is 0.499. The number of rotatable bonds is 2. The van der Waals surface area contributed by atoms with Crippen molar-refractivity contribution in [1.82, 2.24) is 0 Å². The van der Waals surface area contributed by atoms with Crippen LogP contribution in [-0.2, 0) is 9.84 Å². The Morgan fingerprint density at radius 2 is 2.27 bits per heavy atom. The van der Waals surface area contributed by atoms with Gasteiger partial charge in [-0.1, -0.05) is 6.42 Å². The van der Waals surface area contributed by atoms with Gasteiger partial charge in [0.05, 0.1) is 23.5 Å². The number of hydrogen-bond acceptors (Lipinski definition) is 4. The second-order valence-electron chi connectivity index (χ2n) is 3.98. The minimum Gasteiger partial charge on any atom is -0.472 e. The first-order valence-corrected chi connectivity index (χ1v) is 6.82. The Labute approximate surface area is 89.4 Å². The molecule has 1 fully saturated rings. The van der Waals surface area contributed by atoms with E-state index in [-0.39, 0.29) is 5.75 Å². The molecule has 4 nitrogen and oxygen atoms in total. The van der Waals surface area contributed by atoms with Gasteiger partial charge in [-0.05, 0) is 18.9 Å². The van der Waals surface area contributed by atoms with Crippen LogP contribution in [0.15, 0.2) is 23.0 Å². The zero-order chi connectivity index (χ0) is 10.9. The third-order valence-corrected chi connectivity index (χ3v) is 5.27. The fraction of sp³-hybridized carbons (Fsp3) is 0.600. The molecule has 84 valence electrons. The summed E-state index contributed by atoms with van der Waals surface area (Å²) in [6.45, 7) is 0. The summed E-state index contributed by atoms with van der Waals surface area (Å²) >= 11 is 0. The predicted molar refractivity (Wildman–Crippen MR) is 57.1 cm³/mol. The summed E-state index contributed by atoms with van der Waals surface area (Å²) in [5, 5.41) is -0.441. The molecule has 0 aliphatic carbocycles. The maximum atomic E-state index is 11.8. The average molecular weight is 229 g/mol. The smallest absolute Gasteiger partial charge is 0.155 e. The van der Waals surface area contributed by atoms with Crippen molar-refractivity contribution in [3.05, 3.63) is 24.2 Å². The van der Waals surface area contributed by atoms with Gasteiger partial charge in [0.2, 0.25) is 0 Å². The average Bonchev–Trinajstić information content (AvgIpc) is 2.69. The van der Waals surface area contributed by atoms with E-state index in [1.807, 2.05) is 0 Å². The molecule has 1 saturated heterocycles. The highest BCUT2D eigenvalue weighted by molar-refractivity contribution is 7.92. The Bertz CT molecular complexity index is 410. The largest absolute Gasteiger partial charge is 0.472 e. The van der Waals surface area contributed by atoms with Crippen LogP contribution in [0.2, 0.25) is 0 Å². The Morgan fingerprint density at radius 1 is 1.47 bits per heavy atom. The molecular weight excluding hydrogens is 214 g/mol. The molecule has 1 aromatic rings. The zero-order valence-corrected chi connectivity index (χ0v) is 9.24. The monoisotopic (exact) mass is 229 g/mol. The normalized spacial score (nSPS) is 27.4. The summed E-state index contributed by atoms with van der Waals surface area (Å²) in [7, 11) is -3.02. The number of hydrogen-bond donors (Lipinski definition) is 1. The highest BCUT2D eigenvalue weighted by atomic mass is 32.2. The summed E-state index contributed by atoms with van der Waals surface area (Å²) in [6.07, 6.45) is 5.40. The topological polar surface area (TPSA) is 73.3 Å². The second kappa shape index (κ2) is 3.98. The summed E-state index contributed by atoms with van der Waals surface area (Å²) in [6, 6.07) is 1.28. The SMILES string of the molecule is NC(c1ccoc1)C1CCCCS1(=O)=O. The van der Waals surface area contributed by atoms with Crippen molar-refractivity contribution in [1.29, 1.82) is 0 Å². The van der Waals surface area contributed by atoms with Gasteiger partial charge < -0.3 is 10.2 Å². The van der Waals surface area contributed by atoms with Crippen molar-refractivity contribution in [2.75, 3.05) is 5.75 Å². The molecule has 2 rings (SSSR count). The lowest BCUT2D eigenvalue weighted by Gasteiger charge is -2.26. The maximum absolute atomic E-state index is 11.8. The summed E-state index contributed by atoms with van der Waals surface area (Å²) in [5.41, 5.74) is 6.72. The molecule has 15 heavy (non-hydrogen) atoms. The van der Waals surface area contributed by atoms with Gasteiger partial charge in [0, 0.05) is 11.6 Å². The van der Waals surface area contributed by atoms with Gasteiger partial charge in [-0.2, -0.15) is 0 Å². The van der Waals surface area contributed by atoms with Crippen molar-refractivity contribution >= 4 is 9.84 Å². The molecule has 0 aromatic carbocycles. The van der Waals surface area contributed by atoms with Gasteiger partial charge in [-0.3, -0.25) is 0 Å². The van der Waals surface area contributed by atoms with Gasteiger partial charge in [0.25, 0.3) is 0 Å². The summed E-state index contributed by atoms with van der Waals surface area (Å²) < 4.78 is 28.5. The van der Waals surface area contributed by atoms with Gasteiger partial charge in [0.1, 0.15) is 0 Å². The van der Waals surface area contributed by atoms with Crippen LogP contribution < -0.4 is 5.73 Å². The molecule has 2 atom stereocenters. The number of nitrogens with two attached hydrogens (primary N) is 1. The van der Waals surface area contributed by atoms with Crippen LogP contribution in [0.5, 0.6) is 0 Å². The van der Waals surface area contributed by atoms with Crippen LogP contribution in [0, 0.1) is 0 Å². The van der Waals surface area contributed by atoms with Crippen LogP contribution in [0.3, 0.4) is 0 Å². The Morgan fingerprint density at radius 3 is 2.87 bits per heavy atom.